The van der Waals surface area contributed by atoms with Crippen molar-refractivity contribution in [2.45, 2.75) is 26.3 Å². The fraction of sp³-hybridized carbons (Fsp3) is 0.667. The Morgan fingerprint density at radius 2 is 1.67 bits per heavy atom. The van der Waals surface area contributed by atoms with E-state index in [4.69, 9.17) is 10.8 Å². The molecule has 0 radical (unpaired) electrons. The second kappa shape index (κ2) is 9.70. The molecule has 0 saturated heterocycles. The third kappa shape index (κ3) is 9.38. The van der Waals surface area contributed by atoms with Crippen molar-refractivity contribution < 1.29 is 24.3 Å². The second-order valence-corrected chi connectivity index (χ2v) is 4.84. The predicted octanol–water partition coefficient (Wildman–Crippen LogP) is -2.21. The van der Waals surface area contributed by atoms with E-state index in [2.05, 4.69) is 16.0 Å². The molecule has 3 amide bonds. The molecule has 0 bridgehead atoms. The Hall–Kier alpha value is -2.16. The van der Waals surface area contributed by atoms with E-state index in [0.717, 1.165) is 0 Å². The first kappa shape index (κ1) is 18.8. The minimum atomic E-state index is -1.18. The molecule has 0 aromatic heterocycles. The number of rotatable bonds is 9. The summed E-state index contributed by atoms with van der Waals surface area (Å²) in [5.74, 6) is -2.64. The highest BCUT2D eigenvalue weighted by Crippen LogP contribution is 2.04. The smallest absolute Gasteiger partial charge is 0.322 e. The van der Waals surface area contributed by atoms with Crippen LogP contribution >= 0.6 is 0 Å². The number of aliphatic carboxylic acids is 1. The van der Waals surface area contributed by atoms with Crippen LogP contribution in [0, 0.1) is 5.92 Å². The average molecular weight is 302 g/mol. The number of nitrogens with two attached hydrogens (primary N) is 1. The number of carbonyl (C=O) groups is 4. The molecule has 0 heterocycles. The van der Waals surface area contributed by atoms with Gasteiger partial charge in [-0.05, 0) is 12.3 Å². The maximum atomic E-state index is 11.9. The van der Waals surface area contributed by atoms with Gasteiger partial charge in [0.1, 0.15) is 12.6 Å². The molecule has 0 saturated carbocycles. The van der Waals surface area contributed by atoms with E-state index >= 15 is 0 Å². The normalized spacial score (nSPS) is 11.6. The number of hydrogen-bond acceptors (Lipinski definition) is 5. The Morgan fingerprint density at radius 1 is 1.05 bits per heavy atom. The molecule has 9 nitrogen and oxygen atoms in total. The molecule has 0 aliphatic rings. The van der Waals surface area contributed by atoms with E-state index in [1.54, 1.807) is 0 Å². The van der Waals surface area contributed by atoms with Crippen molar-refractivity contribution in [2.75, 3.05) is 19.6 Å². The monoisotopic (exact) mass is 302 g/mol. The van der Waals surface area contributed by atoms with Crippen LogP contribution in [0.5, 0.6) is 0 Å². The second-order valence-electron chi connectivity index (χ2n) is 4.84. The lowest BCUT2D eigenvalue weighted by Crippen LogP contribution is -2.51. The zero-order valence-electron chi connectivity index (χ0n) is 12.1. The minimum absolute atomic E-state index is 0.152. The molecule has 0 fully saturated rings. The van der Waals surface area contributed by atoms with Crippen molar-refractivity contribution in [3.05, 3.63) is 0 Å². The van der Waals surface area contributed by atoms with Gasteiger partial charge in [0.2, 0.25) is 17.7 Å². The molecule has 6 N–H and O–H groups in total. The Labute approximate surface area is 122 Å². The van der Waals surface area contributed by atoms with Crippen molar-refractivity contribution in [1.29, 1.82) is 0 Å². The lowest BCUT2D eigenvalue weighted by molar-refractivity contribution is -0.138. The van der Waals surface area contributed by atoms with Crippen LogP contribution in [-0.2, 0) is 19.2 Å². The minimum Gasteiger partial charge on any atom is -0.480 e. The SMILES string of the molecule is CC(C)C[C@@H](NC(=O)CN)C(=O)NCC(=O)NCC(=O)O. The molecule has 1 atom stereocenters. The van der Waals surface area contributed by atoms with E-state index in [9.17, 15) is 19.2 Å². The molecule has 0 spiro atoms. The molecule has 0 aliphatic carbocycles. The van der Waals surface area contributed by atoms with Crippen molar-refractivity contribution in [3.8, 4) is 0 Å². The van der Waals surface area contributed by atoms with Crippen LogP contribution in [0.1, 0.15) is 20.3 Å². The third-order valence-electron chi connectivity index (χ3n) is 2.40. The third-order valence-corrected chi connectivity index (χ3v) is 2.40. The molecule has 120 valence electrons. The van der Waals surface area contributed by atoms with E-state index < -0.39 is 36.3 Å². The lowest BCUT2D eigenvalue weighted by Gasteiger charge is -2.19. The van der Waals surface area contributed by atoms with Gasteiger partial charge in [0.05, 0.1) is 13.1 Å². The summed E-state index contributed by atoms with van der Waals surface area (Å²) in [7, 11) is 0. The molecule has 21 heavy (non-hydrogen) atoms. The highest BCUT2D eigenvalue weighted by Gasteiger charge is 2.21. The summed E-state index contributed by atoms with van der Waals surface area (Å²) < 4.78 is 0. The van der Waals surface area contributed by atoms with Crippen LogP contribution in [0.25, 0.3) is 0 Å². The van der Waals surface area contributed by atoms with Crippen LogP contribution in [0.3, 0.4) is 0 Å². The molecule has 0 unspecified atom stereocenters. The van der Waals surface area contributed by atoms with Gasteiger partial charge in [-0.2, -0.15) is 0 Å². The molecule has 0 aromatic carbocycles. The van der Waals surface area contributed by atoms with Gasteiger partial charge in [-0.1, -0.05) is 13.8 Å². The first-order chi connectivity index (χ1) is 9.76. The summed E-state index contributed by atoms with van der Waals surface area (Å²) in [5, 5.41) is 15.3. The van der Waals surface area contributed by atoms with Crippen LogP contribution in [-0.4, -0.2) is 54.5 Å². The lowest BCUT2D eigenvalue weighted by atomic mass is 10.0. The number of amides is 3. The van der Waals surface area contributed by atoms with Gasteiger partial charge in [-0.15, -0.1) is 0 Å². The molecule has 0 rings (SSSR count). The van der Waals surface area contributed by atoms with Crippen LogP contribution in [0.15, 0.2) is 0 Å². The Balaban J connectivity index is 4.36. The Bertz CT molecular complexity index is 397. The van der Waals surface area contributed by atoms with Crippen molar-refractivity contribution in [3.63, 3.8) is 0 Å². The predicted molar refractivity (Wildman–Crippen MR) is 74.1 cm³/mol. The summed E-state index contributed by atoms with van der Waals surface area (Å²) in [5.41, 5.74) is 5.18. The summed E-state index contributed by atoms with van der Waals surface area (Å²) in [6.07, 6.45) is 0.397. The summed E-state index contributed by atoms with van der Waals surface area (Å²) in [6.45, 7) is 2.65. The number of hydrogen-bond donors (Lipinski definition) is 5. The van der Waals surface area contributed by atoms with Crippen LogP contribution < -0.4 is 21.7 Å². The molecular formula is C12H22N4O5. The summed E-state index contributed by atoms with van der Waals surface area (Å²) >= 11 is 0. The molecular weight excluding hydrogens is 280 g/mol. The number of carboxylic acid groups (broad SMARTS) is 1. The van der Waals surface area contributed by atoms with E-state index in [1.807, 2.05) is 13.8 Å². The van der Waals surface area contributed by atoms with Gasteiger partial charge in [0, 0.05) is 0 Å². The van der Waals surface area contributed by atoms with Gasteiger partial charge in [-0.25, -0.2) is 0 Å². The zero-order valence-corrected chi connectivity index (χ0v) is 12.1. The van der Waals surface area contributed by atoms with Crippen molar-refractivity contribution in [1.82, 2.24) is 16.0 Å². The standard InChI is InChI=1S/C12H22N4O5/c1-7(2)3-8(16-9(17)4-13)12(21)15-5-10(18)14-6-11(19)20/h7-8H,3-6,13H2,1-2H3,(H,14,18)(H,15,21)(H,16,17)(H,19,20)/t8-/m1/s1. The van der Waals surface area contributed by atoms with Gasteiger partial charge >= 0.3 is 5.97 Å². The molecule has 0 aromatic rings. The van der Waals surface area contributed by atoms with Gasteiger partial charge in [0.25, 0.3) is 0 Å². The first-order valence-corrected chi connectivity index (χ1v) is 6.51. The maximum Gasteiger partial charge on any atom is 0.322 e. The highest BCUT2D eigenvalue weighted by atomic mass is 16.4. The molecule has 0 aliphatic heterocycles. The molecule has 9 heteroatoms. The first-order valence-electron chi connectivity index (χ1n) is 6.51. The van der Waals surface area contributed by atoms with Crippen molar-refractivity contribution >= 4 is 23.7 Å². The van der Waals surface area contributed by atoms with Crippen LogP contribution in [0.4, 0.5) is 0 Å². The largest absolute Gasteiger partial charge is 0.480 e. The number of nitrogens with one attached hydrogen (secondary N) is 3. The quantitative estimate of drug-likeness (QED) is 0.326. The van der Waals surface area contributed by atoms with E-state index in [-0.39, 0.29) is 19.0 Å². The van der Waals surface area contributed by atoms with E-state index in [1.165, 1.54) is 0 Å². The maximum absolute atomic E-state index is 11.9. The van der Waals surface area contributed by atoms with Gasteiger partial charge in [0.15, 0.2) is 0 Å². The zero-order chi connectivity index (χ0) is 16.4. The van der Waals surface area contributed by atoms with Gasteiger partial charge < -0.3 is 26.8 Å². The average Bonchev–Trinajstić information content (AvgIpc) is 2.40. The highest BCUT2D eigenvalue weighted by molar-refractivity contribution is 5.91. The Kier molecular flexibility index (Phi) is 8.70. The van der Waals surface area contributed by atoms with E-state index in [0.29, 0.717) is 6.42 Å². The fourth-order valence-electron chi connectivity index (χ4n) is 1.48. The Morgan fingerprint density at radius 3 is 2.14 bits per heavy atom. The van der Waals surface area contributed by atoms with Gasteiger partial charge in [-0.3, -0.25) is 19.2 Å². The topological polar surface area (TPSA) is 151 Å². The summed E-state index contributed by atoms with van der Waals surface area (Å²) in [4.78, 5) is 44.7. The fourth-order valence-corrected chi connectivity index (χ4v) is 1.48. The number of carboxylic acids is 1. The number of carbonyl (C=O) groups excluding carboxylic acids is 3. The van der Waals surface area contributed by atoms with Crippen LogP contribution in [0.2, 0.25) is 0 Å². The summed E-state index contributed by atoms with van der Waals surface area (Å²) in [6, 6.07) is -0.784. The van der Waals surface area contributed by atoms with Crippen molar-refractivity contribution in [2.24, 2.45) is 11.7 Å².